The van der Waals surface area contributed by atoms with Gasteiger partial charge in [-0.15, -0.1) is 0 Å². The first-order chi connectivity index (χ1) is 11.7. The number of aryl methyl sites for hydroxylation is 2. The van der Waals surface area contributed by atoms with Crippen molar-refractivity contribution in [3.63, 3.8) is 0 Å². The number of fused-ring (bicyclic) bond motifs is 6. The van der Waals surface area contributed by atoms with E-state index in [2.05, 4.69) is 80.4 Å². The number of benzene rings is 2. The molecule has 116 valence electrons. The number of hydrogen-bond acceptors (Lipinski definition) is 1. The number of hydrogen-bond donors (Lipinski definition) is 0. The molecule has 3 aromatic heterocycles. The molecule has 4 nitrogen and oxygen atoms in total. The number of aromatic nitrogens is 4. The molecule has 24 heavy (non-hydrogen) atoms. The van der Waals surface area contributed by atoms with Crippen molar-refractivity contribution in [1.82, 2.24) is 14.0 Å². The van der Waals surface area contributed by atoms with Crippen LogP contribution in [0.4, 0.5) is 0 Å². The van der Waals surface area contributed by atoms with Crippen molar-refractivity contribution in [3.05, 3.63) is 67.3 Å². The normalized spacial score (nSPS) is 11.8. The summed E-state index contributed by atoms with van der Waals surface area (Å²) >= 11 is 0. The number of nitrogens with zero attached hydrogens (tertiary/aromatic N) is 4. The molecular formula is C20H17N4+. The number of rotatable bonds is 1. The van der Waals surface area contributed by atoms with Crippen LogP contribution in [0.3, 0.4) is 0 Å². The van der Waals surface area contributed by atoms with Crippen molar-refractivity contribution in [1.29, 1.82) is 0 Å². The molecular weight excluding hydrogens is 296 g/mol. The predicted molar refractivity (Wildman–Crippen MR) is 95.8 cm³/mol. The second-order valence-electron chi connectivity index (χ2n) is 6.24. The fourth-order valence-corrected chi connectivity index (χ4v) is 3.65. The lowest BCUT2D eigenvalue weighted by atomic mass is 10.0. The summed E-state index contributed by atoms with van der Waals surface area (Å²) < 4.78 is 6.49. The SMILES string of the molecule is Cn1ccnc1-c1ccc2c3ccccc3n3cc[n+](C)c3c2c1. The number of imidazole rings is 2. The third-order valence-electron chi connectivity index (χ3n) is 4.80. The van der Waals surface area contributed by atoms with Gasteiger partial charge in [-0.05, 0) is 12.1 Å². The van der Waals surface area contributed by atoms with Gasteiger partial charge in [0.05, 0.1) is 12.4 Å². The van der Waals surface area contributed by atoms with Gasteiger partial charge in [0.15, 0.2) is 0 Å². The standard InChI is InChI=1S/C20H17N4/c1-22-10-9-21-19(22)14-7-8-15-16-5-3-4-6-18(16)24-12-11-23(2)20(24)17(15)13-14/h3-13H,1-2H3/q+1. The monoisotopic (exact) mass is 313 g/mol. The van der Waals surface area contributed by atoms with E-state index in [0.717, 1.165) is 11.4 Å². The zero-order chi connectivity index (χ0) is 16.3. The van der Waals surface area contributed by atoms with Crippen LogP contribution in [0.5, 0.6) is 0 Å². The summed E-state index contributed by atoms with van der Waals surface area (Å²) in [5, 5.41) is 3.77. The third kappa shape index (κ3) is 1.68. The Hall–Kier alpha value is -3.14. The van der Waals surface area contributed by atoms with Crippen molar-refractivity contribution < 1.29 is 4.57 Å². The quantitative estimate of drug-likeness (QED) is 0.344. The first-order valence-electron chi connectivity index (χ1n) is 8.03. The van der Waals surface area contributed by atoms with Crippen LogP contribution in [0.25, 0.3) is 38.7 Å². The third-order valence-corrected chi connectivity index (χ3v) is 4.80. The second-order valence-corrected chi connectivity index (χ2v) is 6.24. The first kappa shape index (κ1) is 13.3. The molecule has 0 unspecified atom stereocenters. The van der Waals surface area contributed by atoms with Crippen LogP contribution in [0.2, 0.25) is 0 Å². The van der Waals surface area contributed by atoms with Gasteiger partial charge in [-0.2, -0.15) is 4.40 Å². The highest BCUT2D eigenvalue weighted by atomic mass is 15.1. The van der Waals surface area contributed by atoms with E-state index in [-0.39, 0.29) is 0 Å². The molecule has 0 aliphatic carbocycles. The van der Waals surface area contributed by atoms with Crippen LogP contribution < -0.4 is 4.57 Å². The molecule has 0 spiro atoms. The summed E-state index contributed by atoms with van der Waals surface area (Å²) in [5.41, 5.74) is 3.55. The molecule has 3 heterocycles. The van der Waals surface area contributed by atoms with E-state index < -0.39 is 0 Å². The van der Waals surface area contributed by atoms with E-state index in [0.29, 0.717) is 0 Å². The van der Waals surface area contributed by atoms with E-state index in [4.69, 9.17) is 0 Å². The average Bonchev–Trinajstić information content (AvgIpc) is 3.21. The van der Waals surface area contributed by atoms with Gasteiger partial charge in [0.2, 0.25) is 0 Å². The lowest BCUT2D eigenvalue weighted by molar-refractivity contribution is -0.643. The van der Waals surface area contributed by atoms with E-state index >= 15 is 0 Å². The molecule has 0 saturated carbocycles. The van der Waals surface area contributed by atoms with Gasteiger partial charge < -0.3 is 4.57 Å². The molecule has 0 amide bonds. The van der Waals surface area contributed by atoms with E-state index in [1.165, 1.54) is 27.3 Å². The van der Waals surface area contributed by atoms with Crippen LogP contribution in [0.15, 0.2) is 67.3 Å². The van der Waals surface area contributed by atoms with Gasteiger partial charge in [-0.1, -0.05) is 30.3 Å². The van der Waals surface area contributed by atoms with Crippen LogP contribution in [0, 0.1) is 0 Å². The molecule has 0 fully saturated rings. The Morgan fingerprint density at radius 2 is 1.83 bits per heavy atom. The fraction of sp³-hybridized carbons (Fsp3) is 0.100. The zero-order valence-corrected chi connectivity index (χ0v) is 13.6. The maximum absolute atomic E-state index is 4.49. The molecule has 0 N–H and O–H groups in total. The van der Waals surface area contributed by atoms with Crippen LogP contribution in [0.1, 0.15) is 0 Å². The van der Waals surface area contributed by atoms with Gasteiger partial charge >= 0.3 is 0 Å². The molecule has 0 atom stereocenters. The van der Waals surface area contributed by atoms with Crippen LogP contribution in [-0.4, -0.2) is 14.0 Å². The Morgan fingerprint density at radius 1 is 0.958 bits per heavy atom. The molecule has 4 heteroatoms. The average molecular weight is 313 g/mol. The largest absolute Gasteiger partial charge is 0.334 e. The van der Waals surface area contributed by atoms with Crippen LogP contribution >= 0.6 is 0 Å². The summed E-state index contributed by atoms with van der Waals surface area (Å²) in [6.07, 6.45) is 8.05. The first-order valence-corrected chi connectivity index (χ1v) is 8.03. The Kier molecular flexibility index (Phi) is 2.59. The predicted octanol–water partition coefficient (Wildman–Crippen LogP) is 3.47. The molecule has 5 aromatic rings. The lowest BCUT2D eigenvalue weighted by Gasteiger charge is -2.07. The maximum Gasteiger partial charge on any atom is 0.294 e. The number of para-hydroxylation sites is 1. The minimum absolute atomic E-state index is 0.984. The van der Waals surface area contributed by atoms with Crippen molar-refractivity contribution in [2.45, 2.75) is 0 Å². The Morgan fingerprint density at radius 3 is 2.67 bits per heavy atom. The van der Waals surface area contributed by atoms with E-state index in [9.17, 15) is 0 Å². The Balaban J connectivity index is 1.99. The highest BCUT2D eigenvalue weighted by Gasteiger charge is 2.18. The second kappa shape index (κ2) is 4.68. The van der Waals surface area contributed by atoms with Crippen LogP contribution in [-0.2, 0) is 14.1 Å². The van der Waals surface area contributed by atoms with Crippen molar-refractivity contribution >= 4 is 27.3 Å². The summed E-state index contributed by atoms with van der Waals surface area (Å²) in [4.78, 5) is 4.49. The zero-order valence-electron chi connectivity index (χ0n) is 13.6. The summed E-state index contributed by atoms with van der Waals surface area (Å²) in [6, 6.07) is 15.2. The summed E-state index contributed by atoms with van der Waals surface area (Å²) in [7, 11) is 4.12. The Bertz CT molecular complexity index is 1230. The Labute approximate surface area is 139 Å². The molecule has 0 aliphatic rings. The highest BCUT2D eigenvalue weighted by Crippen LogP contribution is 2.31. The lowest BCUT2D eigenvalue weighted by Crippen LogP contribution is -2.25. The molecule has 5 rings (SSSR count). The number of pyridine rings is 1. The van der Waals surface area contributed by atoms with Gasteiger partial charge in [0, 0.05) is 35.8 Å². The molecule has 0 saturated heterocycles. The smallest absolute Gasteiger partial charge is 0.294 e. The van der Waals surface area contributed by atoms with Gasteiger partial charge in [-0.25, -0.2) is 9.55 Å². The van der Waals surface area contributed by atoms with Crippen molar-refractivity contribution in [3.8, 4) is 11.4 Å². The molecule has 0 aliphatic heterocycles. The molecule has 2 aromatic carbocycles. The molecule has 0 bridgehead atoms. The minimum atomic E-state index is 0.984. The fourth-order valence-electron chi connectivity index (χ4n) is 3.65. The highest BCUT2D eigenvalue weighted by molar-refractivity contribution is 6.11. The topological polar surface area (TPSA) is 26.1 Å². The van der Waals surface area contributed by atoms with Crippen molar-refractivity contribution in [2.75, 3.05) is 0 Å². The summed E-state index contributed by atoms with van der Waals surface area (Å²) in [5.74, 6) is 0.984. The summed E-state index contributed by atoms with van der Waals surface area (Å²) in [6.45, 7) is 0. The van der Waals surface area contributed by atoms with E-state index in [1.807, 2.05) is 19.4 Å². The van der Waals surface area contributed by atoms with Crippen molar-refractivity contribution in [2.24, 2.45) is 14.1 Å². The molecule has 0 radical (unpaired) electrons. The maximum atomic E-state index is 4.49. The van der Waals surface area contributed by atoms with Gasteiger partial charge in [0.1, 0.15) is 23.7 Å². The van der Waals surface area contributed by atoms with E-state index in [1.54, 1.807) is 0 Å². The van der Waals surface area contributed by atoms with Gasteiger partial charge in [0.25, 0.3) is 5.65 Å². The van der Waals surface area contributed by atoms with Gasteiger partial charge in [-0.3, -0.25) is 0 Å². The minimum Gasteiger partial charge on any atom is -0.334 e.